The minimum absolute atomic E-state index is 0.151. The lowest BCUT2D eigenvalue weighted by Gasteiger charge is -2.42. The molecule has 0 N–H and O–H groups in total. The molecule has 0 spiro atoms. The second kappa shape index (κ2) is 10.1. The van der Waals surface area contributed by atoms with Gasteiger partial charge >= 0.3 is 0 Å². The Hall–Kier alpha value is -4.04. The van der Waals surface area contributed by atoms with Crippen molar-refractivity contribution in [2.24, 2.45) is 0 Å². The monoisotopic (exact) mass is 482 g/mol. The van der Waals surface area contributed by atoms with Gasteiger partial charge in [-0.3, -0.25) is 9.97 Å². The first-order valence-corrected chi connectivity index (χ1v) is 12.9. The van der Waals surface area contributed by atoms with E-state index in [4.69, 9.17) is 9.97 Å². The largest absolute Gasteiger partial charge is 0.260 e. The van der Waals surface area contributed by atoms with Gasteiger partial charge in [0, 0.05) is 12.4 Å². The summed E-state index contributed by atoms with van der Waals surface area (Å²) in [5.74, 6) is -0.151. The van der Waals surface area contributed by atoms with E-state index in [-0.39, 0.29) is 5.92 Å². The number of aromatic nitrogens is 2. The predicted molar refractivity (Wildman–Crippen MR) is 153 cm³/mol. The third-order valence-electron chi connectivity index (χ3n) is 7.41. The topological polar surface area (TPSA) is 25.8 Å². The van der Waals surface area contributed by atoms with E-state index in [9.17, 15) is 0 Å². The molecular formula is C35H34N2. The van der Waals surface area contributed by atoms with Crippen LogP contribution < -0.4 is 0 Å². The summed E-state index contributed by atoms with van der Waals surface area (Å²) in [5.41, 5.74) is 11.1. The zero-order valence-corrected chi connectivity index (χ0v) is 22.4. The van der Waals surface area contributed by atoms with E-state index in [1.807, 2.05) is 12.4 Å². The quantitative estimate of drug-likeness (QED) is 0.228. The van der Waals surface area contributed by atoms with Gasteiger partial charge in [0.05, 0.1) is 22.7 Å². The molecule has 0 fully saturated rings. The van der Waals surface area contributed by atoms with E-state index in [1.54, 1.807) is 0 Å². The van der Waals surface area contributed by atoms with Gasteiger partial charge in [-0.05, 0) is 74.6 Å². The Morgan fingerprint density at radius 2 is 0.703 bits per heavy atom. The molecule has 0 aliphatic heterocycles. The zero-order chi connectivity index (χ0) is 26.0. The van der Waals surface area contributed by atoms with E-state index in [0.29, 0.717) is 0 Å². The average molecular weight is 483 g/mol. The third-order valence-corrected chi connectivity index (χ3v) is 7.41. The van der Waals surface area contributed by atoms with Crippen molar-refractivity contribution in [2.45, 2.75) is 46.0 Å². The molecule has 37 heavy (non-hydrogen) atoms. The Labute approximate surface area is 221 Å². The van der Waals surface area contributed by atoms with E-state index in [2.05, 4.69) is 132 Å². The first-order valence-electron chi connectivity index (χ1n) is 12.9. The van der Waals surface area contributed by atoms with Gasteiger partial charge < -0.3 is 0 Å². The van der Waals surface area contributed by atoms with Crippen LogP contribution in [0.2, 0.25) is 0 Å². The second-order valence-corrected chi connectivity index (χ2v) is 10.4. The molecule has 5 rings (SSSR count). The van der Waals surface area contributed by atoms with Crippen LogP contribution in [0.4, 0.5) is 0 Å². The molecule has 3 aromatic carbocycles. The average Bonchev–Trinajstić information content (AvgIpc) is 2.91. The molecule has 5 aromatic rings. The molecule has 0 bridgehead atoms. The molecular weight excluding hydrogens is 448 g/mol. The van der Waals surface area contributed by atoms with Crippen LogP contribution in [0.1, 0.15) is 61.8 Å². The van der Waals surface area contributed by atoms with Crippen molar-refractivity contribution in [3.8, 4) is 0 Å². The summed E-state index contributed by atoms with van der Waals surface area (Å²) >= 11 is 0. The summed E-state index contributed by atoms with van der Waals surface area (Å²) < 4.78 is 0. The molecule has 0 unspecified atom stereocenters. The number of aryl methyl sites for hydroxylation is 5. The van der Waals surface area contributed by atoms with Crippen LogP contribution in [-0.4, -0.2) is 9.97 Å². The Kier molecular flexibility index (Phi) is 6.76. The fourth-order valence-corrected chi connectivity index (χ4v) is 5.34. The highest BCUT2D eigenvalue weighted by Gasteiger charge is 2.46. The molecule has 2 heterocycles. The number of pyridine rings is 2. The van der Waals surface area contributed by atoms with Gasteiger partial charge in [0.15, 0.2) is 0 Å². The van der Waals surface area contributed by atoms with Crippen molar-refractivity contribution >= 4 is 0 Å². The van der Waals surface area contributed by atoms with Crippen molar-refractivity contribution in [1.82, 2.24) is 9.97 Å². The fourth-order valence-electron chi connectivity index (χ4n) is 5.34. The van der Waals surface area contributed by atoms with Gasteiger partial charge in [-0.25, -0.2) is 0 Å². The van der Waals surface area contributed by atoms with Crippen molar-refractivity contribution < 1.29 is 0 Å². The first kappa shape index (κ1) is 24.6. The smallest absolute Gasteiger partial charge is 0.0614 e. The standard InChI is InChI=1S/C35H34N2/c1-24-6-14-29(15-7-24)35(30-16-8-25(2)9-17-30,31-18-10-26(3)11-19-31)34(32-20-12-27(4)22-36-32)33-21-13-28(5)23-37-33/h6-23,34H,1-5H3. The molecule has 2 heteroatoms. The maximum atomic E-state index is 5.03. The number of hydrogen-bond donors (Lipinski definition) is 0. The molecule has 0 radical (unpaired) electrons. The Bertz CT molecular complexity index is 1310. The second-order valence-electron chi connectivity index (χ2n) is 10.4. The van der Waals surface area contributed by atoms with E-state index < -0.39 is 5.41 Å². The summed E-state index contributed by atoms with van der Waals surface area (Å²) in [6, 6.07) is 35.7. The summed E-state index contributed by atoms with van der Waals surface area (Å²) in [6.07, 6.45) is 3.95. The van der Waals surface area contributed by atoms with Crippen LogP contribution in [0.15, 0.2) is 109 Å². The van der Waals surface area contributed by atoms with Gasteiger partial charge in [-0.1, -0.05) is 102 Å². The number of hydrogen-bond acceptors (Lipinski definition) is 2. The molecule has 2 nitrogen and oxygen atoms in total. The first-order chi connectivity index (χ1) is 17.9. The van der Waals surface area contributed by atoms with Crippen molar-refractivity contribution in [3.05, 3.63) is 165 Å². The SMILES string of the molecule is Cc1ccc(C(c2ccc(C)cc2)(c2ccc(C)cc2)C(c2ccc(C)cn2)c2ccc(C)cn2)cc1. The fraction of sp³-hybridized carbons (Fsp3) is 0.200. The minimum atomic E-state index is -0.556. The van der Waals surface area contributed by atoms with Crippen LogP contribution in [0.5, 0.6) is 0 Å². The van der Waals surface area contributed by atoms with E-state index >= 15 is 0 Å². The number of benzene rings is 3. The van der Waals surface area contributed by atoms with Crippen molar-refractivity contribution in [2.75, 3.05) is 0 Å². The van der Waals surface area contributed by atoms with Crippen molar-refractivity contribution in [3.63, 3.8) is 0 Å². The highest BCUT2D eigenvalue weighted by molar-refractivity contribution is 5.57. The summed E-state index contributed by atoms with van der Waals surface area (Å²) in [6.45, 7) is 10.6. The van der Waals surface area contributed by atoms with Gasteiger partial charge in [-0.2, -0.15) is 0 Å². The normalized spacial score (nSPS) is 11.6. The Morgan fingerprint density at radius 3 is 0.973 bits per heavy atom. The molecule has 0 aliphatic carbocycles. The van der Waals surface area contributed by atoms with Gasteiger partial charge in [0.25, 0.3) is 0 Å². The van der Waals surface area contributed by atoms with Crippen LogP contribution in [-0.2, 0) is 5.41 Å². The van der Waals surface area contributed by atoms with Crippen LogP contribution in [0, 0.1) is 34.6 Å². The van der Waals surface area contributed by atoms with Gasteiger partial charge in [0.1, 0.15) is 0 Å². The van der Waals surface area contributed by atoms with Crippen LogP contribution in [0.3, 0.4) is 0 Å². The number of rotatable bonds is 6. The highest BCUT2D eigenvalue weighted by Crippen LogP contribution is 2.52. The van der Waals surface area contributed by atoms with Crippen LogP contribution in [0.25, 0.3) is 0 Å². The van der Waals surface area contributed by atoms with Crippen LogP contribution >= 0.6 is 0 Å². The zero-order valence-electron chi connectivity index (χ0n) is 22.4. The summed E-state index contributed by atoms with van der Waals surface area (Å²) in [7, 11) is 0. The molecule has 0 amide bonds. The number of nitrogens with zero attached hydrogens (tertiary/aromatic N) is 2. The van der Waals surface area contributed by atoms with E-state index in [1.165, 1.54) is 33.4 Å². The van der Waals surface area contributed by atoms with Gasteiger partial charge in [0.2, 0.25) is 0 Å². The van der Waals surface area contributed by atoms with E-state index in [0.717, 1.165) is 22.5 Å². The molecule has 2 aromatic heterocycles. The molecule has 0 atom stereocenters. The highest BCUT2D eigenvalue weighted by atomic mass is 14.8. The maximum Gasteiger partial charge on any atom is 0.0614 e. The van der Waals surface area contributed by atoms with Crippen molar-refractivity contribution in [1.29, 1.82) is 0 Å². The summed E-state index contributed by atoms with van der Waals surface area (Å²) in [4.78, 5) is 10.1. The Morgan fingerprint density at radius 1 is 0.405 bits per heavy atom. The predicted octanol–water partition coefficient (Wildman–Crippen LogP) is 8.19. The molecule has 184 valence electrons. The third kappa shape index (κ3) is 4.72. The lowest BCUT2D eigenvalue weighted by atomic mass is 9.59. The molecule has 0 saturated carbocycles. The summed E-state index contributed by atoms with van der Waals surface area (Å²) in [5, 5.41) is 0. The maximum absolute atomic E-state index is 5.03. The minimum Gasteiger partial charge on any atom is -0.260 e. The lowest BCUT2D eigenvalue weighted by molar-refractivity contribution is 0.516. The van der Waals surface area contributed by atoms with Gasteiger partial charge in [-0.15, -0.1) is 0 Å². The Balaban J connectivity index is 1.95. The lowest BCUT2D eigenvalue weighted by Crippen LogP contribution is -2.38. The molecule has 0 saturated heterocycles. The molecule has 0 aliphatic rings.